The maximum atomic E-state index is 13.3. The molecule has 0 spiro atoms. The first-order valence-electron chi connectivity index (χ1n) is 8.67. The smallest absolute Gasteiger partial charge is 0.332 e. The van der Waals surface area contributed by atoms with Gasteiger partial charge < -0.3 is 15.2 Å². The molecular weight excluding hydrogens is 362 g/mol. The van der Waals surface area contributed by atoms with Crippen molar-refractivity contribution in [2.24, 2.45) is 5.73 Å². The fourth-order valence-electron chi connectivity index (χ4n) is 3.01. The van der Waals surface area contributed by atoms with Gasteiger partial charge in [-0.2, -0.15) is 0 Å². The molecule has 0 heterocycles. The highest BCUT2D eigenvalue weighted by molar-refractivity contribution is 6.30. The number of esters is 1. The molecule has 0 unspecified atom stereocenters. The Bertz CT molecular complexity index is 828. The first kappa shape index (κ1) is 21.0. The van der Waals surface area contributed by atoms with E-state index >= 15 is 0 Å². The van der Waals surface area contributed by atoms with Crippen molar-refractivity contribution in [3.63, 3.8) is 0 Å². The van der Waals surface area contributed by atoms with Crippen molar-refractivity contribution in [1.82, 2.24) is 0 Å². The summed E-state index contributed by atoms with van der Waals surface area (Å²) in [6.07, 6.45) is 1.64. The van der Waals surface area contributed by atoms with Crippen LogP contribution in [-0.4, -0.2) is 18.7 Å². The molecule has 0 radical (unpaired) electrons. The molecule has 2 N–H and O–H groups in total. The van der Waals surface area contributed by atoms with E-state index in [-0.39, 0.29) is 0 Å². The first-order valence-corrected chi connectivity index (χ1v) is 9.05. The van der Waals surface area contributed by atoms with Crippen molar-refractivity contribution in [1.29, 1.82) is 0 Å². The van der Waals surface area contributed by atoms with Crippen LogP contribution in [0.1, 0.15) is 37.8 Å². The van der Waals surface area contributed by atoms with Crippen molar-refractivity contribution in [2.75, 3.05) is 7.11 Å². The van der Waals surface area contributed by atoms with Crippen LogP contribution in [0.4, 0.5) is 0 Å². The van der Waals surface area contributed by atoms with Crippen molar-refractivity contribution < 1.29 is 14.3 Å². The van der Waals surface area contributed by atoms with Gasteiger partial charge in [0.1, 0.15) is 11.4 Å². The zero-order valence-electron chi connectivity index (χ0n) is 16.2. The number of halogens is 1. The van der Waals surface area contributed by atoms with Gasteiger partial charge in [-0.25, -0.2) is 4.79 Å². The Balaban J connectivity index is 2.70. The zero-order valence-corrected chi connectivity index (χ0v) is 16.9. The van der Waals surface area contributed by atoms with Crippen LogP contribution in [-0.2, 0) is 15.1 Å². The molecule has 27 heavy (non-hydrogen) atoms. The number of hydrogen-bond acceptors (Lipinski definition) is 4. The molecule has 0 amide bonds. The maximum absolute atomic E-state index is 13.3. The molecule has 0 bridgehead atoms. The van der Waals surface area contributed by atoms with E-state index in [1.54, 1.807) is 58.2 Å². The zero-order chi connectivity index (χ0) is 20.2. The summed E-state index contributed by atoms with van der Waals surface area (Å²) in [5, 5.41) is 0.480. The third kappa shape index (κ3) is 4.52. The van der Waals surface area contributed by atoms with Crippen LogP contribution in [0, 0.1) is 0 Å². The minimum Gasteiger partial charge on any atom is -0.496 e. The number of methoxy groups -OCH3 is 1. The lowest BCUT2D eigenvalue weighted by atomic mass is 9.74. The standard InChI is InChI=1S/C22H26ClNO3/c1-6-18(17-12-7-8-13-19(17)26-5)22(24,20(25)27-21(2,3)4)15-10-9-11-16(23)14-15/h6-14,18H,1,24H2,2-5H3/t18-,22+/m0/s1. The lowest BCUT2D eigenvalue weighted by molar-refractivity contribution is -0.162. The molecule has 0 saturated carbocycles. The van der Waals surface area contributed by atoms with E-state index in [4.69, 9.17) is 26.8 Å². The Hall–Kier alpha value is -2.30. The van der Waals surface area contributed by atoms with Crippen LogP contribution in [0.15, 0.2) is 61.2 Å². The van der Waals surface area contributed by atoms with Crippen molar-refractivity contribution >= 4 is 17.6 Å². The van der Waals surface area contributed by atoms with Gasteiger partial charge in [0.2, 0.25) is 0 Å². The molecular formula is C22H26ClNO3. The third-order valence-corrected chi connectivity index (χ3v) is 4.47. The summed E-state index contributed by atoms with van der Waals surface area (Å²) < 4.78 is 11.2. The number of carbonyl (C=O) groups excluding carboxylic acids is 1. The van der Waals surface area contributed by atoms with E-state index < -0.39 is 23.0 Å². The number of ether oxygens (including phenoxy) is 2. The fourth-order valence-corrected chi connectivity index (χ4v) is 3.20. The van der Waals surface area contributed by atoms with Crippen molar-refractivity contribution in [2.45, 2.75) is 37.8 Å². The van der Waals surface area contributed by atoms with Gasteiger partial charge in [0.15, 0.2) is 5.54 Å². The van der Waals surface area contributed by atoms with Gasteiger partial charge >= 0.3 is 5.97 Å². The summed E-state index contributed by atoms with van der Waals surface area (Å²) in [4.78, 5) is 13.3. The van der Waals surface area contributed by atoms with Crippen LogP contribution >= 0.6 is 11.6 Å². The number of rotatable bonds is 6. The molecule has 2 rings (SSSR count). The van der Waals surface area contributed by atoms with Crippen LogP contribution < -0.4 is 10.5 Å². The summed E-state index contributed by atoms with van der Waals surface area (Å²) in [6.45, 7) is 9.33. The van der Waals surface area contributed by atoms with Gasteiger partial charge in [-0.15, -0.1) is 6.58 Å². The molecule has 0 fully saturated rings. The van der Waals surface area contributed by atoms with Crippen molar-refractivity contribution in [3.8, 4) is 5.75 Å². The Labute approximate surface area is 165 Å². The summed E-state index contributed by atoms with van der Waals surface area (Å²) in [5.41, 5.74) is 5.84. The SMILES string of the molecule is C=C[C@@H](c1ccccc1OC)[C@@](N)(C(=O)OC(C)(C)C)c1cccc(Cl)c1. The average Bonchev–Trinajstić information content (AvgIpc) is 2.61. The normalized spacial score (nSPS) is 14.7. The molecule has 0 aliphatic heterocycles. The van der Waals surface area contributed by atoms with Gasteiger partial charge in [0.25, 0.3) is 0 Å². The van der Waals surface area contributed by atoms with Crippen LogP contribution in [0.3, 0.4) is 0 Å². The molecule has 0 aliphatic rings. The second kappa shape index (κ2) is 8.15. The van der Waals surface area contributed by atoms with E-state index in [0.717, 1.165) is 5.56 Å². The second-order valence-electron chi connectivity index (χ2n) is 7.34. The molecule has 2 aromatic rings. The molecule has 0 aliphatic carbocycles. The van der Waals surface area contributed by atoms with Gasteiger partial charge in [-0.3, -0.25) is 0 Å². The van der Waals surface area contributed by atoms with E-state index in [1.807, 2.05) is 24.3 Å². The van der Waals surface area contributed by atoms with Gasteiger partial charge in [0.05, 0.1) is 7.11 Å². The van der Waals surface area contributed by atoms with Crippen LogP contribution in [0.5, 0.6) is 5.75 Å². The average molecular weight is 388 g/mol. The Morgan fingerprint density at radius 3 is 2.41 bits per heavy atom. The summed E-state index contributed by atoms with van der Waals surface area (Å²) in [7, 11) is 1.57. The van der Waals surface area contributed by atoms with Crippen LogP contribution in [0.25, 0.3) is 0 Å². The molecule has 0 aromatic heterocycles. The minimum atomic E-state index is -1.53. The highest BCUT2D eigenvalue weighted by Gasteiger charge is 2.47. The minimum absolute atomic E-state index is 0.480. The topological polar surface area (TPSA) is 61.5 Å². The van der Waals surface area contributed by atoms with Crippen LogP contribution in [0.2, 0.25) is 5.02 Å². The summed E-state index contributed by atoms with van der Waals surface area (Å²) in [5.74, 6) is -0.544. The van der Waals surface area contributed by atoms with Gasteiger partial charge in [-0.05, 0) is 44.5 Å². The van der Waals surface area contributed by atoms with E-state index in [0.29, 0.717) is 16.3 Å². The molecule has 2 aromatic carbocycles. The van der Waals surface area contributed by atoms with Crippen molar-refractivity contribution in [3.05, 3.63) is 77.3 Å². The van der Waals surface area contributed by atoms with E-state index in [2.05, 4.69) is 6.58 Å². The van der Waals surface area contributed by atoms with Gasteiger partial charge in [-0.1, -0.05) is 48.0 Å². The number of nitrogens with two attached hydrogens (primary N) is 1. The first-order chi connectivity index (χ1) is 12.6. The predicted octanol–water partition coefficient (Wildman–Crippen LogP) is 4.81. The number of carbonyl (C=O) groups is 1. The third-order valence-electron chi connectivity index (χ3n) is 4.24. The largest absolute Gasteiger partial charge is 0.496 e. The second-order valence-corrected chi connectivity index (χ2v) is 7.77. The summed E-state index contributed by atoms with van der Waals surface area (Å²) >= 11 is 6.18. The number of para-hydroxylation sites is 1. The molecule has 4 nitrogen and oxygen atoms in total. The van der Waals surface area contributed by atoms with E-state index in [1.165, 1.54) is 0 Å². The monoisotopic (exact) mass is 387 g/mol. The number of benzene rings is 2. The Kier molecular flexibility index (Phi) is 6.34. The Morgan fingerprint density at radius 1 is 1.19 bits per heavy atom. The van der Waals surface area contributed by atoms with Gasteiger partial charge in [0, 0.05) is 16.5 Å². The molecule has 144 valence electrons. The summed E-state index contributed by atoms with van der Waals surface area (Å²) in [6, 6.07) is 14.3. The molecule has 2 atom stereocenters. The highest BCUT2D eigenvalue weighted by atomic mass is 35.5. The number of hydrogen-bond donors (Lipinski definition) is 1. The molecule has 0 saturated heterocycles. The lowest BCUT2D eigenvalue weighted by Crippen LogP contribution is -2.52. The fraction of sp³-hybridized carbons (Fsp3) is 0.318. The predicted molar refractivity (Wildman–Crippen MR) is 109 cm³/mol. The lowest BCUT2D eigenvalue weighted by Gasteiger charge is -2.37. The maximum Gasteiger partial charge on any atom is 0.332 e. The Morgan fingerprint density at radius 2 is 1.85 bits per heavy atom. The quantitative estimate of drug-likeness (QED) is 0.570. The molecule has 5 heteroatoms. The van der Waals surface area contributed by atoms with E-state index in [9.17, 15) is 4.79 Å². The highest BCUT2D eigenvalue weighted by Crippen LogP contribution is 2.41.